The second kappa shape index (κ2) is 5.22. The lowest BCUT2D eigenvalue weighted by Crippen LogP contribution is -2.38. The number of pyridine rings is 1. The van der Waals surface area contributed by atoms with Crippen molar-refractivity contribution < 1.29 is 17.6 Å². The van der Waals surface area contributed by atoms with Crippen LogP contribution < -0.4 is 5.32 Å². The maximum atomic E-state index is 13.9. The zero-order valence-electron chi connectivity index (χ0n) is 10.5. The minimum absolute atomic E-state index is 0.182. The van der Waals surface area contributed by atoms with Crippen LogP contribution in [0.3, 0.4) is 0 Å². The summed E-state index contributed by atoms with van der Waals surface area (Å²) in [5.41, 5.74) is -1.76. The molecule has 1 aromatic rings. The molecule has 0 radical (unpaired) electrons. The van der Waals surface area contributed by atoms with E-state index in [1.807, 2.05) is 20.8 Å². The van der Waals surface area contributed by atoms with Gasteiger partial charge >= 0.3 is 6.18 Å². The highest BCUT2D eigenvalue weighted by Crippen LogP contribution is 2.35. The Balaban J connectivity index is 2.89. The van der Waals surface area contributed by atoms with Gasteiger partial charge in [-0.2, -0.15) is 13.2 Å². The fourth-order valence-electron chi connectivity index (χ4n) is 1.42. The van der Waals surface area contributed by atoms with Gasteiger partial charge < -0.3 is 5.32 Å². The van der Waals surface area contributed by atoms with Gasteiger partial charge in [0.25, 0.3) is 0 Å². The highest BCUT2D eigenvalue weighted by molar-refractivity contribution is 5.28. The minimum Gasteiger partial charge on any atom is -0.309 e. The molecular weight excluding hydrogens is 248 g/mol. The maximum absolute atomic E-state index is 13.9. The summed E-state index contributed by atoms with van der Waals surface area (Å²) in [7, 11) is 0. The predicted octanol–water partition coefficient (Wildman–Crippen LogP) is 3.50. The number of aromatic nitrogens is 1. The van der Waals surface area contributed by atoms with Crippen molar-refractivity contribution in [1.82, 2.24) is 10.3 Å². The zero-order valence-corrected chi connectivity index (χ0v) is 10.5. The van der Waals surface area contributed by atoms with E-state index in [1.165, 1.54) is 0 Å². The topological polar surface area (TPSA) is 24.9 Å². The van der Waals surface area contributed by atoms with Crippen LogP contribution in [-0.2, 0) is 6.18 Å². The summed E-state index contributed by atoms with van der Waals surface area (Å²) in [5, 5.41) is 2.83. The molecule has 0 saturated heterocycles. The Morgan fingerprint density at radius 2 is 1.89 bits per heavy atom. The molecule has 0 spiro atoms. The fourth-order valence-corrected chi connectivity index (χ4v) is 1.42. The lowest BCUT2D eigenvalue weighted by molar-refractivity contribution is -0.138. The van der Waals surface area contributed by atoms with Gasteiger partial charge in [-0.15, -0.1) is 0 Å². The molecule has 0 aliphatic heterocycles. The summed E-state index contributed by atoms with van der Waals surface area (Å²) in [6, 6.07) is 0.791. The SMILES string of the molecule is CC(C)(C)NCC(F)c1cnccc1C(F)(F)F. The molecule has 102 valence electrons. The number of hydrogen-bond acceptors (Lipinski definition) is 2. The lowest BCUT2D eigenvalue weighted by Gasteiger charge is -2.23. The Morgan fingerprint density at radius 3 is 2.39 bits per heavy atom. The van der Waals surface area contributed by atoms with Crippen LogP contribution >= 0.6 is 0 Å². The van der Waals surface area contributed by atoms with E-state index in [0.29, 0.717) is 0 Å². The monoisotopic (exact) mass is 264 g/mol. The van der Waals surface area contributed by atoms with E-state index in [4.69, 9.17) is 0 Å². The first kappa shape index (κ1) is 14.9. The summed E-state index contributed by atoms with van der Waals surface area (Å²) in [4.78, 5) is 3.56. The van der Waals surface area contributed by atoms with Crippen molar-refractivity contribution in [3.8, 4) is 0 Å². The van der Waals surface area contributed by atoms with Crippen molar-refractivity contribution in [2.45, 2.75) is 38.7 Å². The lowest BCUT2D eigenvalue weighted by atomic mass is 10.0. The largest absolute Gasteiger partial charge is 0.416 e. The summed E-state index contributed by atoms with van der Waals surface area (Å²) < 4.78 is 51.9. The van der Waals surface area contributed by atoms with E-state index in [0.717, 1.165) is 18.5 Å². The molecule has 0 aliphatic carbocycles. The Kier molecular flexibility index (Phi) is 4.32. The van der Waals surface area contributed by atoms with Crippen LogP contribution in [0.25, 0.3) is 0 Å². The van der Waals surface area contributed by atoms with E-state index < -0.39 is 23.5 Å². The molecule has 6 heteroatoms. The quantitative estimate of drug-likeness (QED) is 0.845. The molecule has 1 heterocycles. The summed E-state index contributed by atoms with van der Waals surface area (Å²) in [5.74, 6) is 0. The molecule has 0 amide bonds. The first-order valence-electron chi connectivity index (χ1n) is 5.51. The summed E-state index contributed by atoms with van der Waals surface area (Å²) >= 11 is 0. The summed E-state index contributed by atoms with van der Waals surface area (Å²) in [6.07, 6.45) is -4.37. The molecule has 1 aromatic heterocycles. The summed E-state index contributed by atoms with van der Waals surface area (Å²) in [6.45, 7) is 5.26. The van der Waals surface area contributed by atoms with Crippen molar-refractivity contribution in [3.63, 3.8) is 0 Å². The third-order valence-electron chi connectivity index (χ3n) is 2.31. The molecule has 1 unspecified atom stereocenters. The average Bonchev–Trinajstić information content (AvgIpc) is 2.24. The van der Waals surface area contributed by atoms with Crippen molar-refractivity contribution in [2.24, 2.45) is 0 Å². The normalized spacial score (nSPS) is 14.6. The second-order valence-electron chi connectivity index (χ2n) is 5.06. The molecule has 0 fully saturated rings. The maximum Gasteiger partial charge on any atom is 0.416 e. The van der Waals surface area contributed by atoms with Crippen molar-refractivity contribution >= 4 is 0 Å². The van der Waals surface area contributed by atoms with Crippen molar-refractivity contribution in [1.29, 1.82) is 0 Å². The highest BCUT2D eigenvalue weighted by Gasteiger charge is 2.35. The number of halogens is 4. The van der Waals surface area contributed by atoms with Gasteiger partial charge in [0.15, 0.2) is 0 Å². The number of nitrogens with zero attached hydrogens (tertiary/aromatic N) is 1. The Hall–Kier alpha value is -1.17. The standard InChI is InChI=1S/C12H16F4N2/c1-11(2,3)18-7-10(13)8-6-17-5-4-9(8)12(14,15)16/h4-6,10,18H,7H2,1-3H3. The van der Waals surface area contributed by atoms with Crippen LogP contribution in [0.5, 0.6) is 0 Å². The Bertz CT molecular complexity index is 396. The minimum atomic E-state index is -4.57. The van der Waals surface area contributed by atoms with Crippen LogP contribution in [0.4, 0.5) is 17.6 Å². The average molecular weight is 264 g/mol. The molecular formula is C12H16F4N2. The van der Waals surface area contributed by atoms with Gasteiger partial charge in [0.1, 0.15) is 6.17 Å². The van der Waals surface area contributed by atoms with Crippen molar-refractivity contribution in [3.05, 3.63) is 29.6 Å². The van der Waals surface area contributed by atoms with E-state index >= 15 is 0 Å². The van der Waals surface area contributed by atoms with E-state index in [9.17, 15) is 17.6 Å². The molecule has 1 rings (SSSR count). The first-order valence-corrected chi connectivity index (χ1v) is 5.51. The van der Waals surface area contributed by atoms with Gasteiger partial charge in [0, 0.05) is 30.0 Å². The number of hydrogen-bond donors (Lipinski definition) is 1. The molecule has 18 heavy (non-hydrogen) atoms. The molecule has 1 N–H and O–H groups in total. The van der Waals surface area contributed by atoms with Gasteiger partial charge in [0.2, 0.25) is 0 Å². The third-order valence-corrected chi connectivity index (χ3v) is 2.31. The van der Waals surface area contributed by atoms with Gasteiger partial charge in [0.05, 0.1) is 5.56 Å². The zero-order chi connectivity index (χ0) is 14.0. The Morgan fingerprint density at radius 1 is 1.28 bits per heavy atom. The van der Waals surface area contributed by atoms with Crippen LogP contribution in [0.15, 0.2) is 18.5 Å². The van der Waals surface area contributed by atoms with Crippen LogP contribution in [0.1, 0.15) is 38.1 Å². The van der Waals surface area contributed by atoms with Gasteiger partial charge in [-0.05, 0) is 26.8 Å². The van der Waals surface area contributed by atoms with E-state index in [2.05, 4.69) is 10.3 Å². The molecule has 0 bridgehead atoms. The van der Waals surface area contributed by atoms with Crippen molar-refractivity contribution in [2.75, 3.05) is 6.54 Å². The molecule has 0 saturated carbocycles. The van der Waals surface area contributed by atoms with Crippen LogP contribution in [0, 0.1) is 0 Å². The van der Waals surface area contributed by atoms with Crippen LogP contribution in [-0.4, -0.2) is 17.1 Å². The number of alkyl halides is 4. The van der Waals surface area contributed by atoms with E-state index in [1.54, 1.807) is 0 Å². The van der Waals surface area contributed by atoms with Gasteiger partial charge in [-0.3, -0.25) is 4.98 Å². The predicted molar refractivity (Wildman–Crippen MR) is 60.8 cm³/mol. The molecule has 1 atom stereocenters. The van der Waals surface area contributed by atoms with Gasteiger partial charge in [-0.25, -0.2) is 4.39 Å². The number of rotatable bonds is 3. The Labute approximate surface area is 103 Å². The molecule has 2 nitrogen and oxygen atoms in total. The first-order chi connectivity index (χ1) is 8.11. The fraction of sp³-hybridized carbons (Fsp3) is 0.583. The third kappa shape index (κ3) is 4.25. The van der Waals surface area contributed by atoms with Crippen LogP contribution in [0.2, 0.25) is 0 Å². The second-order valence-corrected chi connectivity index (χ2v) is 5.06. The smallest absolute Gasteiger partial charge is 0.309 e. The number of nitrogens with one attached hydrogen (secondary N) is 1. The van der Waals surface area contributed by atoms with Gasteiger partial charge in [-0.1, -0.05) is 0 Å². The van der Waals surface area contributed by atoms with E-state index in [-0.39, 0.29) is 12.1 Å². The highest BCUT2D eigenvalue weighted by atomic mass is 19.4. The molecule has 0 aliphatic rings. The molecule has 0 aromatic carbocycles.